The summed E-state index contributed by atoms with van der Waals surface area (Å²) in [6.45, 7) is 4.52. The van der Waals surface area contributed by atoms with Gasteiger partial charge in [0.1, 0.15) is 0 Å². The summed E-state index contributed by atoms with van der Waals surface area (Å²) in [4.78, 5) is 36.3. The summed E-state index contributed by atoms with van der Waals surface area (Å²) in [7, 11) is 0. The van der Waals surface area contributed by atoms with Crippen molar-refractivity contribution < 1.29 is 14.6 Å². The zero-order valence-corrected chi connectivity index (χ0v) is 32.6. The van der Waals surface area contributed by atoms with Crippen LogP contribution in [0.4, 0.5) is 11.4 Å². The number of non-ortho nitro benzene ring substituents is 2. The summed E-state index contributed by atoms with van der Waals surface area (Å²) < 4.78 is 0. The molecule has 0 aromatic heterocycles. The fraction of sp³-hybridized carbons (Fsp3) is 0.744. The van der Waals surface area contributed by atoms with Crippen LogP contribution in [0.25, 0.3) is 0 Å². The maximum Gasteiger partial charge on any atom is 0.277 e. The summed E-state index contributed by atoms with van der Waals surface area (Å²) >= 11 is 0. The molecule has 8 nitrogen and oxygen atoms in total. The van der Waals surface area contributed by atoms with Gasteiger partial charge in [0.25, 0.3) is 17.3 Å². The fourth-order valence-electron chi connectivity index (χ4n) is 6.55. The zero-order valence-electron chi connectivity index (χ0n) is 32.6. The largest absolute Gasteiger partial charge is 0.291 e. The molecule has 0 N–H and O–H groups in total. The molecule has 0 fully saturated rings. The molecule has 0 aliphatic heterocycles. The predicted molar refractivity (Wildman–Crippen MR) is 214 cm³/mol. The standard InChI is InChI=1S/C43H73N3O5/c1-3-5-7-9-11-13-15-17-19-21-23-25-27-29-31-33-35-44(43(47)40-37-41(45(48)49)39-42(38-40)46(50)51)36-34-32-30-28-26-24-22-20-18-16-14-12-10-8-6-4-2/h33-39H,3-32H2,1-2H3. The van der Waals surface area contributed by atoms with E-state index in [4.69, 9.17) is 0 Å². The molecular weight excluding hydrogens is 638 g/mol. The Morgan fingerprint density at radius 2 is 0.765 bits per heavy atom. The van der Waals surface area contributed by atoms with Crippen LogP contribution in [0.5, 0.6) is 0 Å². The number of carbonyl (C=O) groups is 1. The summed E-state index contributed by atoms with van der Waals surface area (Å²) in [5, 5.41) is 22.9. The van der Waals surface area contributed by atoms with E-state index in [9.17, 15) is 25.0 Å². The van der Waals surface area contributed by atoms with Crippen molar-refractivity contribution in [1.82, 2.24) is 4.90 Å². The second-order valence-corrected chi connectivity index (χ2v) is 14.5. The van der Waals surface area contributed by atoms with Gasteiger partial charge in [0, 0.05) is 24.5 Å². The molecule has 0 aliphatic rings. The number of carbonyl (C=O) groups excluding carboxylic acids is 1. The topological polar surface area (TPSA) is 107 Å². The average Bonchev–Trinajstić information content (AvgIpc) is 3.13. The molecular formula is C43H73N3O5. The molecule has 0 saturated carbocycles. The minimum absolute atomic E-state index is 0.0711. The van der Waals surface area contributed by atoms with Gasteiger partial charge in [-0.25, -0.2) is 0 Å². The first kappa shape index (κ1) is 46.0. The Hall–Kier alpha value is -3.03. The lowest BCUT2D eigenvalue weighted by atomic mass is 10.0. The van der Waals surface area contributed by atoms with Gasteiger partial charge < -0.3 is 0 Å². The number of amides is 1. The van der Waals surface area contributed by atoms with Crippen molar-refractivity contribution in [1.29, 1.82) is 0 Å². The highest BCUT2D eigenvalue weighted by Gasteiger charge is 2.22. The van der Waals surface area contributed by atoms with Gasteiger partial charge >= 0.3 is 0 Å². The van der Waals surface area contributed by atoms with Gasteiger partial charge in [0.2, 0.25) is 0 Å². The maximum absolute atomic E-state index is 13.5. The first-order valence-corrected chi connectivity index (χ1v) is 21.0. The lowest BCUT2D eigenvalue weighted by Crippen LogP contribution is -2.20. The molecule has 0 radical (unpaired) electrons. The van der Waals surface area contributed by atoms with Gasteiger partial charge in [-0.15, -0.1) is 0 Å². The van der Waals surface area contributed by atoms with Crippen molar-refractivity contribution in [2.24, 2.45) is 0 Å². The molecule has 1 aromatic carbocycles. The second-order valence-electron chi connectivity index (χ2n) is 14.5. The quantitative estimate of drug-likeness (QED) is 0.0396. The normalized spacial score (nSPS) is 11.6. The molecule has 0 atom stereocenters. The van der Waals surface area contributed by atoms with Crippen LogP contribution >= 0.6 is 0 Å². The van der Waals surface area contributed by atoms with Gasteiger partial charge in [-0.1, -0.05) is 193 Å². The fourth-order valence-corrected chi connectivity index (χ4v) is 6.55. The molecule has 1 rings (SSSR count). The Balaban J connectivity index is 2.47. The Bertz CT molecular complexity index is 1030. The summed E-state index contributed by atoms with van der Waals surface area (Å²) in [5.41, 5.74) is -1.01. The van der Waals surface area contributed by atoms with E-state index in [1.165, 1.54) is 159 Å². The molecule has 8 heteroatoms. The van der Waals surface area contributed by atoms with Crippen molar-refractivity contribution in [3.8, 4) is 0 Å². The lowest BCUT2D eigenvalue weighted by Gasteiger charge is -2.14. The highest BCUT2D eigenvalue weighted by atomic mass is 16.6. The summed E-state index contributed by atoms with van der Waals surface area (Å²) in [5.74, 6) is -0.517. The highest BCUT2D eigenvalue weighted by molar-refractivity contribution is 5.96. The third-order valence-corrected chi connectivity index (χ3v) is 9.79. The SMILES string of the molecule is CCCCCCCCCCCCCCCCC=CN(C=CCCCCCCCCCCCCCCCC)C(=O)c1cc([N+](=O)[O-])cc([N+](=O)[O-])c1. The molecule has 0 unspecified atom stereocenters. The predicted octanol–water partition coefficient (Wildman–Crippen LogP) is 14.7. The van der Waals surface area contributed by atoms with Crippen LogP contribution in [0.1, 0.15) is 217 Å². The molecule has 0 bridgehead atoms. The summed E-state index contributed by atoms with van der Waals surface area (Å²) in [6, 6.07) is 3.12. The van der Waals surface area contributed by atoms with E-state index in [2.05, 4.69) is 13.8 Å². The number of hydrogen-bond donors (Lipinski definition) is 0. The molecule has 0 saturated heterocycles. The van der Waals surface area contributed by atoms with Crippen LogP contribution in [0, 0.1) is 20.2 Å². The number of hydrogen-bond acceptors (Lipinski definition) is 5. The second kappa shape index (κ2) is 32.8. The average molecular weight is 712 g/mol. The number of nitro groups is 2. The smallest absolute Gasteiger partial charge is 0.277 e. The Morgan fingerprint density at radius 3 is 1.04 bits per heavy atom. The van der Waals surface area contributed by atoms with E-state index in [1.54, 1.807) is 12.4 Å². The molecule has 0 spiro atoms. The highest BCUT2D eigenvalue weighted by Crippen LogP contribution is 2.24. The van der Waals surface area contributed by atoms with Crippen LogP contribution in [0.2, 0.25) is 0 Å². The number of unbranched alkanes of at least 4 members (excludes halogenated alkanes) is 28. The number of benzene rings is 1. The molecule has 51 heavy (non-hydrogen) atoms. The van der Waals surface area contributed by atoms with Crippen molar-refractivity contribution in [2.45, 2.75) is 206 Å². The van der Waals surface area contributed by atoms with Gasteiger partial charge in [0.15, 0.2) is 0 Å². The molecule has 0 aliphatic carbocycles. The zero-order chi connectivity index (χ0) is 37.2. The minimum atomic E-state index is -0.703. The first-order chi connectivity index (χ1) is 24.9. The van der Waals surface area contributed by atoms with Crippen LogP contribution in [-0.2, 0) is 0 Å². The van der Waals surface area contributed by atoms with Crippen molar-refractivity contribution in [2.75, 3.05) is 0 Å². The Labute approximate surface area is 311 Å². The monoisotopic (exact) mass is 712 g/mol. The maximum atomic E-state index is 13.5. The third kappa shape index (κ3) is 25.6. The molecule has 290 valence electrons. The first-order valence-electron chi connectivity index (χ1n) is 21.0. The van der Waals surface area contributed by atoms with Crippen molar-refractivity contribution >= 4 is 17.3 Å². The van der Waals surface area contributed by atoms with Crippen LogP contribution < -0.4 is 0 Å². The molecule has 1 aromatic rings. The van der Waals surface area contributed by atoms with Gasteiger partial charge in [-0.2, -0.15) is 0 Å². The third-order valence-electron chi connectivity index (χ3n) is 9.79. The number of allylic oxidation sites excluding steroid dienone is 2. The number of nitro benzene ring substituents is 2. The van der Waals surface area contributed by atoms with E-state index in [0.29, 0.717) is 0 Å². The summed E-state index contributed by atoms with van der Waals surface area (Å²) in [6.07, 6.45) is 45.4. The van der Waals surface area contributed by atoms with E-state index in [1.807, 2.05) is 12.2 Å². The molecule has 0 heterocycles. The van der Waals surface area contributed by atoms with Crippen molar-refractivity contribution in [3.05, 3.63) is 68.5 Å². The van der Waals surface area contributed by atoms with Crippen LogP contribution in [0.15, 0.2) is 42.8 Å². The van der Waals surface area contributed by atoms with Crippen LogP contribution in [-0.4, -0.2) is 20.7 Å². The molecule has 1 amide bonds. The Morgan fingerprint density at radius 1 is 0.490 bits per heavy atom. The minimum Gasteiger partial charge on any atom is -0.291 e. The number of rotatable bonds is 35. The van der Waals surface area contributed by atoms with Crippen molar-refractivity contribution in [3.63, 3.8) is 0 Å². The van der Waals surface area contributed by atoms with E-state index >= 15 is 0 Å². The van der Waals surface area contributed by atoms with Gasteiger partial charge in [0.05, 0.1) is 21.5 Å². The lowest BCUT2D eigenvalue weighted by molar-refractivity contribution is -0.394. The van der Waals surface area contributed by atoms with E-state index < -0.39 is 27.1 Å². The number of nitrogens with zero attached hydrogens (tertiary/aromatic N) is 3. The Kier molecular flexibility index (Phi) is 29.6. The van der Waals surface area contributed by atoms with E-state index in [0.717, 1.165) is 56.7 Å². The van der Waals surface area contributed by atoms with Crippen LogP contribution in [0.3, 0.4) is 0 Å². The van der Waals surface area contributed by atoms with E-state index in [-0.39, 0.29) is 5.56 Å². The van der Waals surface area contributed by atoms with Gasteiger partial charge in [-0.05, 0) is 25.7 Å². The van der Waals surface area contributed by atoms with Gasteiger partial charge in [-0.3, -0.25) is 29.9 Å².